The smallest absolute Gasteiger partial charge is 0.303 e. The minimum absolute atomic E-state index is 0.190. The number of esters is 1. The van der Waals surface area contributed by atoms with Crippen molar-refractivity contribution < 1.29 is 19.0 Å². The van der Waals surface area contributed by atoms with Crippen LogP contribution in [0, 0.1) is 0 Å². The van der Waals surface area contributed by atoms with Gasteiger partial charge < -0.3 is 14.2 Å². The summed E-state index contributed by atoms with van der Waals surface area (Å²) in [4.78, 5) is 11.0. The molecule has 0 aromatic rings. The zero-order chi connectivity index (χ0) is 10.9. The zero-order valence-corrected chi connectivity index (χ0v) is 9.32. The van der Waals surface area contributed by atoms with Gasteiger partial charge in [0.25, 0.3) is 0 Å². The third kappa shape index (κ3) is 2.16. The lowest BCUT2D eigenvalue weighted by Gasteiger charge is -2.39. The van der Waals surface area contributed by atoms with Crippen LogP contribution in [0.25, 0.3) is 0 Å². The summed E-state index contributed by atoms with van der Waals surface area (Å²) in [5.41, 5.74) is 0. The van der Waals surface area contributed by atoms with Crippen LogP contribution in [0.15, 0.2) is 0 Å². The molecule has 0 amide bonds. The van der Waals surface area contributed by atoms with Crippen molar-refractivity contribution in [1.29, 1.82) is 0 Å². The van der Waals surface area contributed by atoms with Gasteiger partial charge in [-0.05, 0) is 19.8 Å². The molecule has 0 aromatic carbocycles. The Bertz CT molecular complexity index is 253. The van der Waals surface area contributed by atoms with Gasteiger partial charge in [0.15, 0.2) is 6.10 Å². The number of rotatable bonds is 1. The van der Waals surface area contributed by atoms with E-state index in [4.69, 9.17) is 14.2 Å². The SMILES string of the molecule is CC(=O)O[C@H]1CCO[C@]12CCC[C@@H](C)O2. The highest BCUT2D eigenvalue weighted by Gasteiger charge is 2.50. The normalized spacial score (nSPS) is 40.7. The molecule has 0 aromatic heterocycles. The van der Waals surface area contributed by atoms with Gasteiger partial charge in [0, 0.05) is 19.8 Å². The second-order valence-electron chi connectivity index (χ2n) is 4.37. The van der Waals surface area contributed by atoms with Crippen molar-refractivity contribution in [3.8, 4) is 0 Å². The fraction of sp³-hybridized carbons (Fsp3) is 0.909. The number of hydrogen-bond acceptors (Lipinski definition) is 4. The molecule has 3 atom stereocenters. The first-order chi connectivity index (χ1) is 7.12. The average Bonchev–Trinajstić information content (AvgIpc) is 2.48. The molecule has 0 radical (unpaired) electrons. The van der Waals surface area contributed by atoms with Crippen molar-refractivity contribution in [2.75, 3.05) is 6.61 Å². The summed E-state index contributed by atoms with van der Waals surface area (Å²) in [5, 5.41) is 0. The van der Waals surface area contributed by atoms with Crippen LogP contribution in [0.2, 0.25) is 0 Å². The molecule has 2 rings (SSSR count). The Morgan fingerprint density at radius 3 is 2.93 bits per heavy atom. The minimum atomic E-state index is -0.649. The van der Waals surface area contributed by atoms with Gasteiger partial charge in [-0.15, -0.1) is 0 Å². The molecule has 2 fully saturated rings. The lowest BCUT2D eigenvalue weighted by atomic mass is 9.97. The molecule has 0 saturated carbocycles. The highest BCUT2D eigenvalue weighted by atomic mass is 16.7. The number of carbonyl (C=O) groups excluding carboxylic acids is 1. The molecule has 0 aliphatic carbocycles. The van der Waals surface area contributed by atoms with Crippen molar-refractivity contribution >= 4 is 5.97 Å². The quantitative estimate of drug-likeness (QED) is 0.622. The van der Waals surface area contributed by atoms with Gasteiger partial charge in [-0.25, -0.2) is 0 Å². The van der Waals surface area contributed by atoms with Gasteiger partial charge in [-0.2, -0.15) is 0 Å². The molecular weight excluding hydrogens is 196 g/mol. The van der Waals surface area contributed by atoms with Crippen LogP contribution in [0.5, 0.6) is 0 Å². The minimum Gasteiger partial charge on any atom is -0.457 e. The largest absolute Gasteiger partial charge is 0.457 e. The van der Waals surface area contributed by atoms with E-state index in [2.05, 4.69) is 0 Å². The van der Waals surface area contributed by atoms with Gasteiger partial charge in [-0.1, -0.05) is 0 Å². The monoisotopic (exact) mass is 214 g/mol. The zero-order valence-electron chi connectivity index (χ0n) is 9.32. The van der Waals surface area contributed by atoms with E-state index in [1.165, 1.54) is 6.92 Å². The number of hydrogen-bond donors (Lipinski definition) is 0. The molecular formula is C11H18O4. The van der Waals surface area contributed by atoms with E-state index >= 15 is 0 Å². The molecule has 86 valence electrons. The molecule has 2 heterocycles. The maximum Gasteiger partial charge on any atom is 0.303 e. The van der Waals surface area contributed by atoms with Crippen LogP contribution in [0.3, 0.4) is 0 Å². The first kappa shape index (κ1) is 10.9. The summed E-state index contributed by atoms with van der Waals surface area (Å²) in [5.74, 6) is -0.907. The molecule has 2 aliphatic rings. The average molecular weight is 214 g/mol. The first-order valence-corrected chi connectivity index (χ1v) is 5.61. The van der Waals surface area contributed by atoms with Crippen LogP contribution in [0.1, 0.15) is 39.5 Å². The lowest BCUT2D eigenvalue weighted by molar-refractivity contribution is -0.286. The van der Waals surface area contributed by atoms with E-state index in [0.717, 1.165) is 25.7 Å². The summed E-state index contributed by atoms with van der Waals surface area (Å²) < 4.78 is 16.8. The molecule has 0 unspecified atom stereocenters. The summed E-state index contributed by atoms with van der Waals surface area (Å²) >= 11 is 0. The van der Waals surface area contributed by atoms with E-state index < -0.39 is 5.79 Å². The van der Waals surface area contributed by atoms with Crippen LogP contribution in [-0.2, 0) is 19.0 Å². The predicted octanol–water partition coefficient (Wildman–Crippen LogP) is 1.62. The fourth-order valence-electron chi connectivity index (χ4n) is 2.44. The van der Waals surface area contributed by atoms with E-state index in [9.17, 15) is 4.79 Å². The molecule has 4 heteroatoms. The van der Waals surface area contributed by atoms with Crippen LogP contribution in [-0.4, -0.2) is 30.6 Å². The Labute approximate surface area is 89.9 Å². The number of ether oxygens (including phenoxy) is 3. The van der Waals surface area contributed by atoms with E-state index in [1.807, 2.05) is 6.92 Å². The predicted molar refractivity (Wildman–Crippen MR) is 53.3 cm³/mol. The van der Waals surface area contributed by atoms with E-state index in [-0.39, 0.29) is 18.2 Å². The molecule has 4 nitrogen and oxygen atoms in total. The topological polar surface area (TPSA) is 44.8 Å². The van der Waals surface area contributed by atoms with Gasteiger partial charge in [0.1, 0.15) is 0 Å². The number of carbonyl (C=O) groups is 1. The first-order valence-electron chi connectivity index (χ1n) is 5.61. The van der Waals surface area contributed by atoms with Gasteiger partial charge in [0.05, 0.1) is 12.7 Å². The second-order valence-corrected chi connectivity index (χ2v) is 4.37. The van der Waals surface area contributed by atoms with Crippen LogP contribution >= 0.6 is 0 Å². The maximum absolute atomic E-state index is 11.0. The lowest BCUT2D eigenvalue weighted by Crippen LogP contribution is -2.48. The van der Waals surface area contributed by atoms with Crippen molar-refractivity contribution in [2.45, 2.75) is 57.5 Å². The Hall–Kier alpha value is -0.610. The Morgan fingerprint density at radius 2 is 2.27 bits per heavy atom. The van der Waals surface area contributed by atoms with Crippen LogP contribution in [0.4, 0.5) is 0 Å². The van der Waals surface area contributed by atoms with Crippen molar-refractivity contribution in [3.63, 3.8) is 0 Å². The van der Waals surface area contributed by atoms with E-state index in [0.29, 0.717) is 6.61 Å². The molecule has 0 N–H and O–H groups in total. The van der Waals surface area contributed by atoms with E-state index in [1.54, 1.807) is 0 Å². The summed E-state index contributed by atoms with van der Waals surface area (Å²) in [6.07, 6.45) is 3.66. The van der Waals surface area contributed by atoms with Crippen LogP contribution < -0.4 is 0 Å². The highest BCUT2D eigenvalue weighted by Crippen LogP contribution is 2.39. The Kier molecular flexibility index (Phi) is 2.98. The summed E-state index contributed by atoms with van der Waals surface area (Å²) in [6, 6.07) is 0. The van der Waals surface area contributed by atoms with Crippen molar-refractivity contribution in [1.82, 2.24) is 0 Å². The molecule has 1 spiro atoms. The molecule has 2 saturated heterocycles. The van der Waals surface area contributed by atoms with Crippen molar-refractivity contribution in [3.05, 3.63) is 0 Å². The summed E-state index contributed by atoms with van der Waals surface area (Å²) in [6.45, 7) is 4.08. The second kappa shape index (κ2) is 4.10. The third-order valence-electron chi connectivity index (χ3n) is 3.06. The van der Waals surface area contributed by atoms with Gasteiger partial charge >= 0.3 is 5.97 Å². The standard InChI is InChI=1S/C11H18O4/c1-8-4-3-6-11(15-8)10(5-7-13-11)14-9(2)12/h8,10H,3-7H2,1-2H3/t8-,10+,11+/m1/s1. The third-order valence-corrected chi connectivity index (χ3v) is 3.06. The molecule has 15 heavy (non-hydrogen) atoms. The summed E-state index contributed by atoms with van der Waals surface area (Å²) in [7, 11) is 0. The van der Waals surface area contributed by atoms with Crippen molar-refractivity contribution in [2.24, 2.45) is 0 Å². The fourth-order valence-corrected chi connectivity index (χ4v) is 2.44. The Balaban J connectivity index is 2.07. The van der Waals surface area contributed by atoms with Gasteiger partial charge in [-0.3, -0.25) is 4.79 Å². The molecule has 0 bridgehead atoms. The highest BCUT2D eigenvalue weighted by molar-refractivity contribution is 5.66. The molecule has 2 aliphatic heterocycles. The maximum atomic E-state index is 11.0. The van der Waals surface area contributed by atoms with Gasteiger partial charge in [0.2, 0.25) is 5.79 Å². The Morgan fingerprint density at radius 1 is 1.47 bits per heavy atom.